The predicted molar refractivity (Wildman–Crippen MR) is 108 cm³/mol. The second kappa shape index (κ2) is 11.1. The highest BCUT2D eigenvalue weighted by atomic mass is 32.3. The first kappa shape index (κ1) is 26.5. The van der Waals surface area contributed by atoms with Crippen molar-refractivity contribution in [3.63, 3.8) is 0 Å². The molecule has 4 atom stereocenters. The molecule has 192 valence electrons. The number of hydrogen-bond donors (Lipinski definition) is 2. The van der Waals surface area contributed by atoms with Gasteiger partial charge in [-0.2, -0.15) is 16.8 Å². The molecule has 1 aliphatic heterocycles. The minimum Gasteiger partial charge on any atom is -0.383 e. The van der Waals surface area contributed by atoms with Crippen LogP contribution in [0.15, 0.2) is 12.4 Å². The lowest BCUT2D eigenvalue weighted by Gasteiger charge is -2.39. The molecule has 17 nitrogen and oxygen atoms in total. The van der Waals surface area contributed by atoms with Gasteiger partial charge in [0.15, 0.2) is 12.4 Å². The molecule has 0 saturated carbocycles. The first-order valence-corrected chi connectivity index (χ1v) is 12.5. The molecular formula is C15H24N6O11S2. The normalized spacial score (nSPS) is 23.9. The highest BCUT2D eigenvalue weighted by molar-refractivity contribution is 7.81. The fourth-order valence-electron chi connectivity index (χ4n) is 3.20. The van der Waals surface area contributed by atoms with E-state index in [-0.39, 0.29) is 19.6 Å². The molecule has 0 radical (unpaired) electrons. The Morgan fingerprint density at radius 2 is 1.79 bits per heavy atom. The molecule has 0 unspecified atom stereocenters. The molecular weight excluding hydrogens is 504 g/mol. The van der Waals surface area contributed by atoms with Gasteiger partial charge in [-0.25, -0.2) is 17.7 Å². The van der Waals surface area contributed by atoms with Crippen LogP contribution in [0.25, 0.3) is 0 Å². The summed E-state index contributed by atoms with van der Waals surface area (Å²) in [4.78, 5) is 0. The van der Waals surface area contributed by atoms with Crippen LogP contribution in [-0.4, -0.2) is 94.2 Å². The number of aryl methyl sites for hydroxylation is 1. The number of aromatic nitrogens is 6. The maximum atomic E-state index is 11.4. The first-order valence-electron chi connectivity index (χ1n) is 9.75. The second-order valence-electron chi connectivity index (χ2n) is 7.27. The van der Waals surface area contributed by atoms with Gasteiger partial charge < -0.3 is 14.2 Å². The predicted octanol–water partition coefficient (Wildman–Crippen LogP) is -1.47. The van der Waals surface area contributed by atoms with Gasteiger partial charge >= 0.3 is 20.8 Å². The van der Waals surface area contributed by atoms with Gasteiger partial charge in [-0.15, -0.1) is 10.2 Å². The summed E-state index contributed by atoms with van der Waals surface area (Å²) >= 11 is 0. The molecule has 0 spiro atoms. The van der Waals surface area contributed by atoms with Gasteiger partial charge in [0.2, 0.25) is 0 Å². The van der Waals surface area contributed by atoms with Gasteiger partial charge in [-0.05, 0) is 6.92 Å². The summed E-state index contributed by atoms with van der Waals surface area (Å²) < 4.78 is 92.3. The molecule has 2 aromatic rings. The van der Waals surface area contributed by atoms with E-state index < -0.39 is 45.4 Å². The van der Waals surface area contributed by atoms with E-state index in [0.29, 0.717) is 24.5 Å². The van der Waals surface area contributed by atoms with E-state index >= 15 is 0 Å². The Labute approximate surface area is 194 Å². The monoisotopic (exact) mass is 528 g/mol. The fraction of sp³-hybridized carbons (Fsp3) is 0.733. The van der Waals surface area contributed by atoms with Crippen molar-refractivity contribution in [3.05, 3.63) is 23.8 Å². The fourth-order valence-corrected chi connectivity index (χ4v) is 4.20. The lowest BCUT2D eigenvalue weighted by atomic mass is 10.0. The molecule has 19 heteroatoms. The van der Waals surface area contributed by atoms with E-state index in [1.54, 1.807) is 19.3 Å². The molecule has 2 aromatic heterocycles. The van der Waals surface area contributed by atoms with Gasteiger partial charge in [-0.3, -0.25) is 9.11 Å². The Bertz CT molecular complexity index is 1150. The van der Waals surface area contributed by atoms with Crippen LogP contribution in [0, 0.1) is 6.92 Å². The lowest BCUT2D eigenvalue weighted by molar-refractivity contribution is -0.263. The van der Waals surface area contributed by atoms with Crippen LogP contribution in [-0.2, 0) is 63.1 Å². The van der Waals surface area contributed by atoms with Gasteiger partial charge in [0.05, 0.1) is 44.3 Å². The van der Waals surface area contributed by atoms with Gasteiger partial charge in [-0.1, -0.05) is 10.4 Å². The number of rotatable bonds is 12. The van der Waals surface area contributed by atoms with Crippen molar-refractivity contribution in [2.24, 2.45) is 0 Å². The van der Waals surface area contributed by atoms with E-state index in [1.807, 2.05) is 0 Å². The molecule has 0 amide bonds. The lowest BCUT2D eigenvalue weighted by Crippen LogP contribution is -2.53. The molecule has 34 heavy (non-hydrogen) atoms. The van der Waals surface area contributed by atoms with Crippen molar-refractivity contribution in [2.45, 2.75) is 57.6 Å². The maximum absolute atomic E-state index is 11.4. The highest BCUT2D eigenvalue weighted by Gasteiger charge is 2.45. The molecule has 3 rings (SSSR count). The van der Waals surface area contributed by atoms with Crippen LogP contribution >= 0.6 is 0 Å². The van der Waals surface area contributed by atoms with E-state index in [9.17, 15) is 25.9 Å². The van der Waals surface area contributed by atoms with E-state index in [1.165, 1.54) is 16.5 Å². The number of nitrogens with zero attached hydrogens (tertiary/aromatic N) is 6. The highest BCUT2D eigenvalue weighted by Crippen LogP contribution is 2.29. The molecule has 0 aliphatic carbocycles. The number of ether oxygens (including phenoxy) is 3. The SMILES string of the molecule is COCCn1cc(CO[C@@H]2O[C@H](Cn3cc(C)nn3)C[C@H](OS(=O)(=O)O)[C@@H]2OS(=O)(=O)O)nn1. The third kappa shape index (κ3) is 8.29. The molecule has 1 saturated heterocycles. The Balaban J connectivity index is 1.80. The van der Waals surface area contributed by atoms with Crippen LogP contribution < -0.4 is 0 Å². The summed E-state index contributed by atoms with van der Waals surface area (Å²) in [5.74, 6) is 0. The number of hydrogen-bond acceptors (Lipinski definition) is 13. The van der Waals surface area contributed by atoms with Crippen molar-refractivity contribution in [1.82, 2.24) is 30.0 Å². The largest absolute Gasteiger partial charge is 0.397 e. The zero-order valence-electron chi connectivity index (χ0n) is 18.1. The average Bonchev–Trinajstić information content (AvgIpc) is 3.33. The minimum absolute atomic E-state index is 0.0534. The maximum Gasteiger partial charge on any atom is 0.397 e. The second-order valence-corrected chi connectivity index (χ2v) is 9.37. The van der Waals surface area contributed by atoms with E-state index in [2.05, 4.69) is 29.0 Å². The van der Waals surface area contributed by atoms with E-state index in [4.69, 9.17) is 14.2 Å². The van der Waals surface area contributed by atoms with Crippen molar-refractivity contribution >= 4 is 20.8 Å². The number of methoxy groups -OCH3 is 1. The average molecular weight is 529 g/mol. The Morgan fingerprint density at radius 3 is 2.41 bits per heavy atom. The Hall–Kier alpha value is -2.10. The van der Waals surface area contributed by atoms with Crippen molar-refractivity contribution < 1.29 is 48.5 Å². The summed E-state index contributed by atoms with van der Waals surface area (Å²) in [5, 5.41) is 15.5. The van der Waals surface area contributed by atoms with Gasteiger partial charge in [0.25, 0.3) is 0 Å². The standard InChI is InChI=1S/C15H24N6O11S2/c1-10-6-21(18-16-10)8-12-5-13(31-33(22,23)24)14(32-34(25,26)27)15(30-12)29-9-11-7-20(19-17-11)3-4-28-2/h6-7,12-15H,3-5,8-9H2,1-2H3,(H,22,23,24)(H,25,26,27)/t12-,13-,14-,15+/m0/s1. The quantitative estimate of drug-likeness (QED) is 0.301. The van der Waals surface area contributed by atoms with E-state index in [0.717, 1.165) is 0 Å². The van der Waals surface area contributed by atoms with Crippen molar-refractivity contribution in [1.29, 1.82) is 0 Å². The van der Waals surface area contributed by atoms with Crippen molar-refractivity contribution in [2.75, 3.05) is 13.7 Å². The van der Waals surface area contributed by atoms with Crippen LogP contribution in [0.1, 0.15) is 17.8 Å². The third-order valence-corrected chi connectivity index (χ3v) is 5.44. The topological polar surface area (TPSA) is 216 Å². The summed E-state index contributed by atoms with van der Waals surface area (Å²) in [6.07, 6.45) is -2.94. The zero-order valence-corrected chi connectivity index (χ0v) is 19.7. The summed E-state index contributed by atoms with van der Waals surface area (Å²) in [6, 6.07) is 0. The molecule has 0 aromatic carbocycles. The summed E-state index contributed by atoms with van der Waals surface area (Å²) in [6.45, 7) is 2.31. The molecule has 2 N–H and O–H groups in total. The van der Waals surface area contributed by atoms with Crippen LogP contribution in [0.3, 0.4) is 0 Å². The molecule has 3 heterocycles. The first-order chi connectivity index (χ1) is 15.9. The summed E-state index contributed by atoms with van der Waals surface area (Å²) in [5.41, 5.74) is 0.935. The zero-order chi connectivity index (χ0) is 24.9. The molecule has 1 aliphatic rings. The Kier molecular flexibility index (Phi) is 8.65. The molecule has 0 bridgehead atoms. The van der Waals surface area contributed by atoms with Gasteiger partial charge in [0.1, 0.15) is 11.8 Å². The van der Waals surface area contributed by atoms with Crippen LogP contribution in [0.2, 0.25) is 0 Å². The third-order valence-electron chi connectivity index (χ3n) is 4.48. The van der Waals surface area contributed by atoms with Crippen LogP contribution in [0.5, 0.6) is 0 Å². The van der Waals surface area contributed by atoms with Gasteiger partial charge in [0, 0.05) is 19.7 Å². The smallest absolute Gasteiger partial charge is 0.383 e. The van der Waals surface area contributed by atoms with Crippen LogP contribution in [0.4, 0.5) is 0 Å². The summed E-state index contributed by atoms with van der Waals surface area (Å²) in [7, 11) is -8.61. The van der Waals surface area contributed by atoms with Crippen molar-refractivity contribution in [3.8, 4) is 0 Å². The Morgan fingerprint density at radius 1 is 1.09 bits per heavy atom. The molecule has 1 fully saturated rings. The minimum atomic E-state index is -5.10.